The predicted molar refractivity (Wildman–Crippen MR) is 77.8 cm³/mol. The van der Waals surface area contributed by atoms with Gasteiger partial charge in [-0.05, 0) is 49.9 Å². The molecule has 2 aliphatic rings. The van der Waals surface area contributed by atoms with Crippen LogP contribution in [0.2, 0.25) is 0 Å². The van der Waals surface area contributed by atoms with Crippen LogP contribution >= 0.6 is 0 Å². The van der Waals surface area contributed by atoms with Gasteiger partial charge >= 0.3 is 0 Å². The number of benzene rings is 1. The second-order valence-electron chi connectivity index (χ2n) is 6.04. The number of ether oxygens (including phenoxy) is 1. The zero-order valence-electron chi connectivity index (χ0n) is 12.0. The van der Waals surface area contributed by atoms with Crippen molar-refractivity contribution in [3.8, 4) is 0 Å². The van der Waals surface area contributed by atoms with Crippen molar-refractivity contribution in [1.82, 2.24) is 10.6 Å². The highest BCUT2D eigenvalue weighted by Gasteiger charge is 2.30. The lowest BCUT2D eigenvalue weighted by Gasteiger charge is -2.34. The van der Waals surface area contributed by atoms with Crippen molar-refractivity contribution in [2.24, 2.45) is 0 Å². The number of rotatable bonds is 2. The Morgan fingerprint density at radius 2 is 2.35 bits per heavy atom. The van der Waals surface area contributed by atoms with Crippen LogP contribution in [0.15, 0.2) is 18.2 Å². The fraction of sp³-hybridized carbons (Fsp3) is 0.562. The monoisotopic (exact) mass is 274 g/mol. The Hall–Kier alpha value is -1.39. The number of hydrogen-bond donors (Lipinski definition) is 2. The molecule has 1 atom stereocenters. The van der Waals surface area contributed by atoms with Crippen molar-refractivity contribution in [2.45, 2.75) is 38.3 Å². The molecule has 0 saturated carbocycles. The van der Waals surface area contributed by atoms with Gasteiger partial charge in [0.05, 0.1) is 12.1 Å². The van der Waals surface area contributed by atoms with E-state index < -0.39 is 0 Å². The van der Waals surface area contributed by atoms with Crippen molar-refractivity contribution in [3.63, 3.8) is 0 Å². The fourth-order valence-electron chi connectivity index (χ4n) is 3.12. The highest BCUT2D eigenvalue weighted by molar-refractivity contribution is 5.96. The van der Waals surface area contributed by atoms with E-state index in [2.05, 4.69) is 23.6 Å². The Morgan fingerprint density at radius 1 is 1.45 bits per heavy atom. The quantitative estimate of drug-likeness (QED) is 0.862. The lowest BCUT2D eigenvalue weighted by molar-refractivity contribution is 0.0272. The molecule has 2 heterocycles. The Balaban J connectivity index is 1.80. The van der Waals surface area contributed by atoms with Gasteiger partial charge in [0, 0.05) is 18.7 Å². The van der Waals surface area contributed by atoms with E-state index in [9.17, 15) is 4.79 Å². The van der Waals surface area contributed by atoms with Gasteiger partial charge in [0.2, 0.25) is 0 Å². The Morgan fingerprint density at radius 3 is 3.15 bits per heavy atom. The van der Waals surface area contributed by atoms with Crippen LogP contribution in [0.5, 0.6) is 0 Å². The number of carbonyl (C=O) groups is 1. The average molecular weight is 274 g/mol. The SMILES string of the molecule is CC1(NC(=O)c2cccc3c2CCNC3)CCCOC1. The molecule has 3 rings (SSSR count). The summed E-state index contributed by atoms with van der Waals surface area (Å²) in [6.07, 6.45) is 2.91. The number of nitrogens with one attached hydrogen (secondary N) is 2. The Bertz CT molecular complexity index is 507. The van der Waals surface area contributed by atoms with Gasteiger partial charge in [-0.3, -0.25) is 4.79 Å². The van der Waals surface area contributed by atoms with Gasteiger partial charge in [-0.25, -0.2) is 0 Å². The minimum atomic E-state index is -0.231. The molecule has 4 heteroatoms. The Labute approximate surface area is 119 Å². The van der Waals surface area contributed by atoms with E-state index in [1.54, 1.807) is 0 Å². The molecule has 1 aromatic rings. The summed E-state index contributed by atoms with van der Waals surface area (Å²) in [5, 5.41) is 6.52. The van der Waals surface area contributed by atoms with E-state index in [1.807, 2.05) is 12.1 Å². The molecule has 1 saturated heterocycles. The molecule has 1 amide bonds. The third-order valence-electron chi connectivity index (χ3n) is 4.24. The predicted octanol–water partition coefficient (Wildman–Crippen LogP) is 1.63. The molecule has 1 fully saturated rings. The number of hydrogen-bond acceptors (Lipinski definition) is 3. The lowest BCUT2D eigenvalue weighted by Crippen LogP contribution is -2.51. The number of amides is 1. The van der Waals surface area contributed by atoms with Crippen LogP contribution in [0.1, 0.15) is 41.3 Å². The lowest BCUT2D eigenvalue weighted by atomic mass is 9.92. The zero-order valence-corrected chi connectivity index (χ0v) is 12.0. The molecule has 0 spiro atoms. The molecule has 0 radical (unpaired) electrons. The number of fused-ring (bicyclic) bond motifs is 1. The maximum absolute atomic E-state index is 12.6. The molecule has 0 aliphatic carbocycles. The van der Waals surface area contributed by atoms with Gasteiger partial charge in [-0.1, -0.05) is 12.1 Å². The molecule has 0 aromatic heterocycles. The van der Waals surface area contributed by atoms with Gasteiger partial charge in [-0.15, -0.1) is 0 Å². The zero-order chi connectivity index (χ0) is 14.0. The first-order valence-electron chi connectivity index (χ1n) is 7.40. The summed E-state index contributed by atoms with van der Waals surface area (Å²) < 4.78 is 5.51. The van der Waals surface area contributed by atoms with E-state index in [4.69, 9.17) is 4.74 Å². The van der Waals surface area contributed by atoms with Crippen LogP contribution in [0.3, 0.4) is 0 Å². The van der Waals surface area contributed by atoms with E-state index >= 15 is 0 Å². The second-order valence-corrected chi connectivity index (χ2v) is 6.04. The number of carbonyl (C=O) groups excluding carboxylic acids is 1. The van der Waals surface area contributed by atoms with Gasteiger partial charge in [0.15, 0.2) is 0 Å². The normalized spacial score (nSPS) is 25.9. The van der Waals surface area contributed by atoms with Gasteiger partial charge in [0.25, 0.3) is 5.91 Å². The van der Waals surface area contributed by atoms with Crippen molar-refractivity contribution in [3.05, 3.63) is 34.9 Å². The molecule has 20 heavy (non-hydrogen) atoms. The molecule has 1 aromatic carbocycles. The van der Waals surface area contributed by atoms with Crippen molar-refractivity contribution < 1.29 is 9.53 Å². The van der Waals surface area contributed by atoms with Crippen molar-refractivity contribution in [2.75, 3.05) is 19.8 Å². The third kappa shape index (κ3) is 2.72. The summed E-state index contributed by atoms with van der Waals surface area (Å²) in [6, 6.07) is 6.01. The molecular formula is C16H22N2O2. The fourth-order valence-corrected chi connectivity index (χ4v) is 3.12. The summed E-state index contributed by atoms with van der Waals surface area (Å²) >= 11 is 0. The van der Waals surface area contributed by atoms with Crippen LogP contribution in [0.25, 0.3) is 0 Å². The van der Waals surface area contributed by atoms with Crippen LogP contribution < -0.4 is 10.6 Å². The largest absolute Gasteiger partial charge is 0.379 e. The van der Waals surface area contributed by atoms with Crippen molar-refractivity contribution >= 4 is 5.91 Å². The minimum absolute atomic E-state index is 0.0387. The van der Waals surface area contributed by atoms with Crippen LogP contribution in [0, 0.1) is 0 Å². The first kappa shape index (κ1) is 13.6. The van der Waals surface area contributed by atoms with Crippen molar-refractivity contribution in [1.29, 1.82) is 0 Å². The standard InChI is InChI=1S/C16H22N2O2/c1-16(7-3-9-20-11-16)18-15(19)14-5-2-4-12-10-17-8-6-13(12)14/h2,4-5,17H,3,6-11H2,1H3,(H,18,19). The molecule has 2 aliphatic heterocycles. The first-order valence-corrected chi connectivity index (χ1v) is 7.40. The molecule has 4 nitrogen and oxygen atoms in total. The highest BCUT2D eigenvalue weighted by atomic mass is 16.5. The summed E-state index contributed by atoms with van der Waals surface area (Å²) in [7, 11) is 0. The van der Waals surface area contributed by atoms with Gasteiger partial charge < -0.3 is 15.4 Å². The summed E-state index contributed by atoms with van der Waals surface area (Å²) in [5.41, 5.74) is 3.04. The van der Waals surface area contributed by atoms with Gasteiger partial charge in [0.1, 0.15) is 0 Å². The second kappa shape index (κ2) is 5.54. The molecule has 108 valence electrons. The third-order valence-corrected chi connectivity index (χ3v) is 4.24. The summed E-state index contributed by atoms with van der Waals surface area (Å²) in [6.45, 7) is 5.28. The molecular weight excluding hydrogens is 252 g/mol. The highest BCUT2D eigenvalue weighted by Crippen LogP contribution is 2.22. The van der Waals surface area contributed by atoms with E-state index in [0.29, 0.717) is 6.61 Å². The van der Waals surface area contributed by atoms with Crippen LogP contribution in [0.4, 0.5) is 0 Å². The van der Waals surface area contributed by atoms with E-state index in [0.717, 1.165) is 44.5 Å². The first-order chi connectivity index (χ1) is 9.68. The van der Waals surface area contributed by atoms with Crippen LogP contribution in [-0.2, 0) is 17.7 Å². The minimum Gasteiger partial charge on any atom is -0.379 e. The van der Waals surface area contributed by atoms with E-state index in [-0.39, 0.29) is 11.4 Å². The summed E-state index contributed by atoms with van der Waals surface area (Å²) in [5.74, 6) is 0.0387. The molecule has 0 bridgehead atoms. The topological polar surface area (TPSA) is 50.4 Å². The Kier molecular flexibility index (Phi) is 3.76. The average Bonchev–Trinajstić information content (AvgIpc) is 2.47. The maximum atomic E-state index is 12.6. The molecule has 1 unspecified atom stereocenters. The summed E-state index contributed by atoms with van der Waals surface area (Å²) in [4.78, 5) is 12.6. The molecule has 2 N–H and O–H groups in total. The maximum Gasteiger partial charge on any atom is 0.252 e. The van der Waals surface area contributed by atoms with Crippen LogP contribution in [-0.4, -0.2) is 31.2 Å². The van der Waals surface area contributed by atoms with Gasteiger partial charge in [-0.2, -0.15) is 0 Å². The smallest absolute Gasteiger partial charge is 0.252 e. The van der Waals surface area contributed by atoms with E-state index in [1.165, 1.54) is 11.1 Å².